The maximum atomic E-state index is 10.2. The van der Waals surface area contributed by atoms with Gasteiger partial charge in [0.15, 0.2) is 0 Å². The fourth-order valence-electron chi connectivity index (χ4n) is 3.91. The zero-order valence-electron chi connectivity index (χ0n) is 23.7. The number of aliphatic imine (C=N–C) groups is 4. The average molecular weight is 685 g/mol. The van der Waals surface area contributed by atoms with E-state index in [-0.39, 0.29) is 62.0 Å². The molecule has 0 spiro atoms. The minimum atomic E-state index is 0. The van der Waals surface area contributed by atoms with Gasteiger partial charge in [-0.3, -0.25) is 20.0 Å². The molecule has 0 saturated heterocycles. The molecule has 0 aliphatic carbocycles. The Balaban J connectivity index is 0.00000264. The summed E-state index contributed by atoms with van der Waals surface area (Å²) in [7, 11) is 0. The Hall–Kier alpha value is -4.77. The second-order valence-electron chi connectivity index (χ2n) is 9.10. The predicted molar refractivity (Wildman–Crippen MR) is 168 cm³/mol. The predicted octanol–water partition coefficient (Wildman–Crippen LogP) is 7.51. The van der Waals surface area contributed by atoms with E-state index in [1.165, 1.54) is 24.9 Å². The Kier molecular flexibility index (Phi) is 12.4. The van der Waals surface area contributed by atoms with E-state index in [9.17, 15) is 20.4 Å². The van der Waals surface area contributed by atoms with Gasteiger partial charge in [0.05, 0.1) is 22.7 Å². The molecule has 5 aromatic carbocycles. The van der Waals surface area contributed by atoms with E-state index in [0.717, 1.165) is 0 Å². The van der Waals surface area contributed by atoms with Gasteiger partial charge in [-0.2, -0.15) is 0 Å². The van der Waals surface area contributed by atoms with Gasteiger partial charge in [-0.25, -0.2) is 0 Å². The number of phenolic OH excluding ortho intramolecular Hbond substituents is 4. The van der Waals surface area contributed by atoms with E-state index in [1.807, 2.05) is 0 Å². The molecule has 0 unspecified atom stereocenters. The standard InChI is InChI=1S/C34H26N4O4.2Zn/c39-31-13-5-1-9-23(31)19-35-27-17-29(37-21-25-11-3-7-15-33(25)41)30(38-22-26-12-4-8-16-34(26)42)18-28(27)36-20-24-10-2-6-14-32(24)40;;/h1-22,39-42H;;. The SMILES string of the molecule is Oc1ccccc1C=Nc1cc(N=Cc2ccccc2O)c(N=Cc2ccccc2O)cc1N=Cc1ccccc1O.[Zn].[Zn]. The molecule has 210 valence electrons. The molecule has 0 heterocycles. The molecule has 10 heteroatoms. The summed E-state index contributed by atoms with van der Waals surface area (Å²) in [5.74, 6) is 0.286. The maximum Gasteiger partial charge on any atom is 0.124 e. The molecule has 0 aromatic heterocycles. The minimum Gasteiger partial charge on any atom is -0.507 e. The van der Waals surface area contributed by atoms with Crippen LogP contribution in [0.15, 0.2) is 129 Å². The monoisotopic (exact) mass is 682 g/mol. The van der Waals surface area contributed by atoms with Crippen molar-refractivity contribution in [2.75, 3.05) is 0 Å². The largest absolute Gasteiger partial charge is 0.507 e. The second-order valence-corrected chi connectivity index (χ2v) is 9.10. The van der Waals surface area contributed by atoms with Crippen LogP contribution in [0.2, 0.25) is 0 Å². The maximum absolute atomic E-state index is 10.2. The third kappa shape index (κ3) is 8.63. The molecular weight excluding hydrogens is 659 g/mol. The quantitative estimate of drug-likeness (QED) is 0.0996. The van der Waals surface area contributed by atoms with E-state index < -0.39 is 0 Å². The molecule has 0 aliphatic rings. The van der Waals surface area contributed by atoms with Gasteiger partial charge in [0.2, 0.25) is 0 Å². The average Bonchev–Trinajstić information content (AvgIpc) is 3.00. The Morgan fingerprint density at radius 1 is 0.341 bits per heavy atom. The van der Waals surface area contributed by atoms with E-state index in [2.05, 4.69) is 20.0 Å². The summed E-state index contributed by atoms with van der Waals surface area (Å²) >= 11 is 0. The topological polar surface area (TPSA) is 130 Å². The van der Waals surface area contributed by atoms with Crippen LogP contribution in [-0.4, -0.2) is 45.3 Å². The van der Waals surface area contributed by atoms with E-state index in [0.29, 0.717) is 45.0 Å². The van der Waals surface area contributed by atoms with Gasteiger partial charge >= 0.3 is 0 Å². The zero-order chi connectivity index (χ0) is 29.3. The number of hydrogen-bond donors (Lipinski definition) is 4. The van der Waals surface area contributed by atoms with Gasteiger partial charge < -0.3 is 20.4 Å². The van der Waals surface area contributed by atoms with Crippen molar-refractivity contribution < 1.29 is 59.4 Å². The minimum absolute atomic E-state index is 0. The first kappa shape index (κ1) is 33.7. The van der Waals surface area contributed by atoms with Crippen molar-refractivity contribution in [1.29, 1.82) is 0 Å². The van der Waals surface area contributed by atoms with E-state index >= 15 is 0 Å². The van der Waals surface area contributed by atoms with Crippen molar-refractivity contribution in [2.45, 2.75) is 0 Å². The van der Waals surface area contributed by atoms with E-state index in [1.54, 1.807) is 109 Å². The number of aromatic hydroxyl groups is 4. The fraction of sp³-hybridized carbons (Fsp3) is 0. The Morgan fingerprint density at radius 3 is 0.750 bits per heavy atom. The van der Waals surface area contributed by atoms with Crippen molar-refractivity contribution >= 4 is 47.6 Å². The van der Waals surface area contributed by atoms with Gasteiger partial charge in [-0.1, -0.05) is 48.5 Å². The van der Waals surface area contributed by atoms with Crippen molar-refractivity contribution in [3.63, 3.8) is 0 Å². The molecule has 0 amide bonds. The molecule has 0 fully saturated rings. The number of para-hydroxylation sites is 4. The first-order valence-electron chi connectivity index (χ1n) is 12.9. The summed E-state index contributed by atoms with van der Waals surface area (Å²) in [5.41, 5.74) is 3.68. The molecule has 0 saturated carbocycles. The molecule has 0 bridgehead atoms. The summed E-state index contributed by atoms with van der Waals surface area (Å²) in [6.07, 6.45) is 6.08. The summed E-state index contributed by atoms with van der Waals surface area (Å²) < 4.78 is 0. The molecule has 5 aromatic rings. The molecular formula is C34H26N4O4Zn2. The van der Waals surface area contributed by atoms with Gasteiger partial charge in [0.25, 0.3) is 0 Å². The Morgan fingerprint density at radius 2 is 0.545 bits per heavy atom. The normalized spacial score (nSPS) is 11.3. The van der Waals surface area contributed by atoms with E-state index in [4.69, 9.17) is 0 Å². The van der Waals surface area contributed by atoms with Crippen LogP contribution in [0, 0.1) is 0 Å². The van der Waals surface area contributed by atoms with Crippen molar-refractivity contribution in [3.05, 3.63) is 131 Å². The smallest absolute Gasteiger partial charge is 0.124 e. The molecule has 8 nitrogen and oxygen atoms in total. The number of benzene rings is 5. The summed E-state index contributed by atoms with van der Waals surface area (Å²) in [6, 6.07) is 30.6. The van der Waals surface area contributed by atoms with Crippen LogP contribution in [0.1, 0.15) is 22.3 Å². The van der Waals surface area contributed by atoms with Crippen molar-refractivity contribution in [3.8, 4) is 23.0 Å². The van der Waals surface area contributed by atoms with Crippen LogP contribution in [0.3, 0.4) is 0 Å². The first-order valence-corrected chi connectivity index (χ1v) is 12.9. The third-order valence-electron chi connectivity index (χ3n) is 6.19. The number of nitrogens with zero attached hydrogens (tertiary/aromatic N) is 4. The summed E-state index contributed by atoms with van der Waals surface area (Å²) in [4.78, 5) is 18.4. The summed E-state index contributed by atoms with van der Waals surface area (Å²) in [6.45, 7) is 0. The Labute approximate surface area is 280 Å². The second kappa shape index (κ2) is 16.2. The van der Waals surface area contributed by atoms with Crippen molar-refractivity contribution in [2.24, 2.45) is 20.0 Å². The van der Waals surface area contributed by atoms with Gasteiger partial charge in [0, 0.05) is 86.1 Å². The number of phenols is 4. The fourth-order valence-corrected chi connectivity index (χ4v) is 3.91. The van der Waals surface area contributed by atoms with Crippen molar-refractivity contribution in [1.82, 2.24) is 0 Å². The zero-order valence-corrected chi connectivity index (χ0v) is 29.6. The van der Waals surface area contributed by atoms with Gasteiger partial charge in [0.1, 0.15) is 23.0 Å². The third-order valence-corrected chi connectivity index (χ3v) is 6.19. The van der Waals surface area contributed by atoms with Crippen LogP contribution in [-0.2, 0) is 39.0 Å². The molecule has 0 atom stereocenters. The van der Waals surface area contributed by atoms with Crippen LogP contribution < -0.4 is 0 Å². The van der Waals surface area contributed by atoms with Crippen LogP contribution in [0.25, 0.3) is 0 Å². The summed E-state index contributed by atoms with van der Waals surface area (Å²) in [5, 5.41) is 41.0. The molecule has 4 N–H and O–H groups in total. The number of hydrogen-bond acceptors (Lipinski definition) is 8. The van der Waals surface area contributed by atoms with Gasteiger partial charge in [-0.05, 0) is 60.7 Å². The molecule has 44 heavy (non-hydrogen) atoms. The van der Waals surface area contributed by atoms with Gasteiger partial charge in [-0.15, -0.1) is 0 Å². The molecule has 5 rings (SSSR count). The molecule has 0 radical (unpaired) electrons. The van der Waals surface area contributed by atoms with Crippen LogP contribution >= 0.6 is 0 Å². The van der Waals surface area contributed by atoms with Crippen LogP contribution in [0.4, 0.5) is 22.7 Å². The Bertz CT molecular complexity index is 1590. The first-order chi connectivity index (χ1) is 20.5. The molecule has 0 aliphatic heterocycles. The number of rotatable bonds is 8. The van der Waals surface area contributed by atoms with Crippen LogP contribution in [0.5, 0.6) is 23.0 Å².